The maximum atomic E-state index is 6.12. The first-order valence-electron chi connectivity index (χ1n) is 5.08. The summed E-state index contributed by atoms with van der Waals surface area (Å²) in [7, 11) is 0. The van der Waals surface area contributed by atoms with Gasteiger partial charge in [0.25, 0.3) is 0 Å². The Morgan fingerprint density at radius 3 is 2.47 bits per heavy atom. The maximum Gasteiger partial charge on any atom is 0.0453 e. The zero-order valence-corrected chi connectivity index (χ0v) is 10.7. The Morgan fingerprint density at radius 1 is 1.27 bits per heavy atom. The number of nitrogens with two attached hydrogens (primary N) is 1. The molecule has 0 saturated carbocycles. The summed E-state index contributed by atoms with van der Waals surface area (Å²) in [6.45, 7) is 5.10. The molecule has 0 radical (unpaired) electrons. The molecule has 0 amide bonds. The van der Waals surface area contributed by atoms with Gasteiger partial charge in [-0.3, -0.25) is 0 Å². The molecule has 1 aromatic rings. The highest BCUT2D eigenvalue weighted by atomic mass is 35.5. The van der Waals surface area contributed by atoms with E-state index < -0.39 is 0 Å². The van der Waals surface area contributed by atoms with Crippen LogP contribution in [0.25, 0.3) is 0 Å². The quantitative estimate of drug-likeness (QED) is 0.856. The predicted octanol–water partition coefficient (Wildman–Crippen LogP) is 3.91. The van der Waals surface area contributed by atoms with Crippen LogP contribution in [0.2, 0.25) is 10.0 Å². The third-order valence-corrected chi connectivity index (χ3v) is 3.09. The van der Waals surface area contributed by atoms with E-state index in [1.807, 2.05) is 12.1 Å². The normalized spacial score (nSPS) is 11.8. The van der Waals surface area contributed by atoms with Crippen molar-refractivity contribution in [3.05, 3.63) is 33.8 Å². The second kappa shape index (κ2) is 5.20. The first-order valence-corrected chi connectivity index (χ1v) is 5.84. The average Bonchev–Trinajstić information content (AvgIpc) is 2.09. The molecular formula is C12H17Cl2N. The molecule has 2 N–H and O–H groups in total. The van der Waals surface area contributed by atoms with Crippen LogP contribution in [0.1, 0.15) is 25.8 Å². The van der Waals surface area contributed by atoms with Crippen molar-refractivity contribution >= 4 is 23.2 Å². The number of halogens is 2. The van der Waals surface area contributed by atoms with Crippen LogP contribution in [0.4, 0.5) is 0 Å². The first-order chi connectivity index (χ1) is 6.94. The summed E-state index contributed by atoms with van der Waals surface area (Å²) in [6, 6.07) is 5.65. The fourth-order valence-corrected chi connectivity index (χ4v) is 2.14. The lowest BCUT2D eigenvalue weighted by Crippen LogP contribution is -2.19. The zero-order chi connectivity index (χ0) is 11.5. The van der Waals surface area contributed by atoms with Gasteiger partial charge in [0.1, 0.15) is 0 Å². The zero-order valence-electron chi connectivity index (χ0n) is 9.19. The molecule has 15 heavy (non-hydrogen) atoms. The van der Waals surface area contributed by atoms with Crippen LogP contribution in [0.15, 0.2) is 18.2 Å². The summed E-state index contributed by atoms with van der Waals surface area (Å²) in [6.07, 6.45) is 1.92. The van der Waals surface area contributed by atoms with E-state index >= 15 is 0 Å². The summed E-state index contributed by atoms with van der Waals surface area (Å²) in [4.78, 5) is 0. The van der Waals surface area contributed by atoms with Gasteiger partial charge in [0.05, 0.1) is 0 Å². The Balaban J connectivity index is 2.80. The SMILES string of the molecule is CC(C)(CCN)Cc1ccc(Cl)cc1Cl. The lowest BCUT2D eigenvalue weighted by atomic mass is 9.83. The number of hydrogen-bond donors (Lipinski definition) is 1. The van der Waals surface area contributed by atoms with Gasteiger partial charge >= 0.3 is 0 Å². The van der Waals surface area contributed by atoms with Crippen molar-refractivity contribution in [1.82, 2.24) is 0 Å². The molecular weight excluding hydrogens is 229 g/mol. The molecule has 0 heterocycles. The summed E-state index contributed by atoms with van der Waals surface area (Å²) in [5.41, 5.74) is 6.90. The molecule has 0 aliphatic carbocycles. The van der Waals surface area contributed by atoms with Gasteiger partial charge in [-0.05, 0) is 42.5 Å². The average molecular weight is 246 g/mol. The lowest BCUT2D eigenvalue weighted by molar-refractivity contribution is 0.339. The van der Waals surface area contributed by atoms with E-state index in [0.29, 0.717) is 11.6 Å². The second-order valence-corrected chi connectivity index (χ2v) is 5.46. The monoisotopic (exact) mass is 245 g/mol. The summed E-state index contributed by atoms with van der Waals surface area (Å²) >= 11 is 12.0. The Morgan fingerprint density at radius 2 is 1.93 bits per heavy atom. The number of rotatable bonds is 4. The van der Waals surface area contributed by atoms with Crippen LogP contribution < -0.4 is 5.73 Å². The van der Waals surface area contributed by atoms with Crippen LogP contribution in [-0.4, -0.2) is 6.54 Å². The van der Waals surface area contributed by atoms with Crippen molar-refractivity contribution in [3.63, 3.8) is 0 Å². The van der Waals surface area contributed by atoms with Crippen LogP contribution in [0, 0.1) is 5.41 Å². The largest absolute Gasteiger partial charge is 0.330 e. The van der Waals surface area contributed by atoms with Crippen LogP contribution >= 0.6 is 23.2 Å². The fraction of sp³-hybridized carbons (Fsp3) is 0.500. The third-order valence-electron chi connectivity index (χ3n) is 2.51. The minimum Gasteiger partial charge on any atom is -0.330 e. The van der Waals surface area contributed by atoms with Crippen LogP contribution in [0.3, 0.4) is 0 Å². The van der Waals surface area contributed by atoms with E-state index in [0.717, 1.165) is 23.4 Å². The molecule has 0 fully saturated rings. The van der Waals surface area contributed by atoms with Crippen molar-refractivity contribution in [2.24, 2.45) is 11.1 Å². The van der Waals surface area contributed by atoms with Gasteiger partial charge in [-0.1, -0.05) is 43.1 Å². The lowest BCUT2D eigenvalue weighted by Gasteiger charge is -2.24. The van der Waals surface area contributed by atoms with Gasteiger partial charge in [-0.2, -0.15) is 0 Å². The topological polar surface area (TPSA) is 26.0 Å². The van der Waals surface area contributed by atoms with E-state index in [2.05, 4.69) is 13.8 Å². The van der Waals surface area contributed by atoms with Crippen molar-refractivity contribution in [2.75, 3.05) is 6.54 Å². The molecule has 0 saturated heterocycles. The van der Waals surface area contributed by atoms with Gasteiger partial charge in [-0.15, -0.1) is 0 Å². The number of hydrogen-bond acceptors (Lipinski definition) is 1. The highest BCUT2D eigenvalue weighted by molar-refractivity contribution is 6.35. The Bertz CT molecular complexity index is 334. The molecule has 3 heteroatoms. The molecule has 1 aromatic carbocycles. The maximum absolute atomic E-state index is 6.12. The smallest absolute Gasteiger partial charge is 0.0453 e. The Labute approximate surface area is 102 Å². The minimum absolute atomic E-state index is 0.187. The van der Waals surface area contributed by atoms with Crippen LogP contribution in [0.5, 0.6) is 0 Å². The van der Waals surface area contributed by atoms with Crippen molar-refractivity contribution in [3.8, 4) is 0 Å². The van der Waals surface area contributed by atoms with Gasteiger partial charge in [0.2, 0.25) is 0 Å². The summed E-state index contributed by atoms with van der Waals surface area (Å²) in [5.74, 6) is 0. The molecule has 1 rings (SSSR count). The molecule has 0 aliphatic heterocycles. The second-order valence-electron chi connectivity index (χ2n) is 4.62. The van der Waals surface area contributed by atoms with E-state index in [-0.39, 0.29) is 5.41 Å². The van der Waals surface area contributed by atoms with E-state index in [1.54, 1.807) is 6.07 Å². The van der Waals surface area contributed by atoms with E-state index in [9.17, 15) is 0 Å². The first kappa shape index (κ1) is 12.8. The van der Waals surface area contributed by atoms with Gasteiger partial charge in [0, 0.05) is 10.0 Å². The summed E-state index contributed by atoms with van der Waals surface area (Å²) in [5, 5.41) is 1.42. The van der Waals surface area contributed by atoms with Gasteiger partial charge in [0.15, 0.2) is 0 Å². The highest BCUT2D eigenvalue weighted by Gasteiger charge is 2.18. The van der Waals surface area contributed by atoms with E-state index in [1.165, 1.54) is 0 Å². The Hall–Kier alpha value is -0.240. The van der Waals surface area contributed by atoms with Crippen molar-refractivity contribution < 1.29 is 0 Å². The standard InChI is InChI=1S/C12H17Cl2N/c1-12(2,5-6-15)8-9-3-4-10(13)7-11(9)14/h3-4,7H,5-6,8,15H2,1-2H3. The van der Waals surface area contributed by atoms with Gasteiger partial charge in [-0.25, -0.2) is 0 Å². The fourth-order valence-electron chi connectivity index (χ4n) is 1.66. The van der Waals surface area contributed by atoms with Crippen molar-refractivity contribution in [1.29, 1.82) is 0 Å². The molecule has 84 valence electrons. The van der Waals surface area contributed by atoms with Crippen LogP contribution in [-0.2, 0) is 6.42 Å². The predicted molar refractivity (Wildman–Crippen MR) is 67.6 cm³/mol. The van der Waals surface area contributed by atoms with Gasteiger partial charge < -0.3 is 5.73 Å². The molecule has 0 aromatic heterocycles. The number of benzene rings is 1. The third kappa shape index (κ3) is 4.02. The molecule has 0 unspecified atom stereocenters. The minimum atomic E-state index is 0.187. The molecule has 0 aliphatic rings. The molecule has 0 spiro atoms. The highest BCUT2D eigenvalue weighted by Crippen LogP contribution is 2.30. The Kier molecular flexibility index (Phi) is 4.45. The van der Waals surface area contributed by atoms with E-state index in [4.69, 9.17) is 28.9 Å². The molecule has 0 atom stereocenters. The molecule has 1 nitrogen and oxygen atoms in total. The summed E-state index contributed by atoms with van der Waals surface area (Å²) < 4.78 is 0. The molecule has 0 bridgehead atoms. The van der Waals surface area contributed by atoms with Crippen molar-refractivity contribution in [2.45, 2.75) is 26.7 Å².